The van der Waals surface area contributed by atoms with Crippen LogP contribution in [-0.4, -0.2) is 47.1 Å². The van der Waals surface area contributed by atoms with E-state index in [1.54, 1.807) is 17.7 Å². The van der Waals surface area contributed by atoms with E-state index in [2.05, 4.69) is 31.2 Å². The van der Waals surface area contributed by atoms with Gasteiger partial charge in [-0.2, -0.15) is 0 Å². The largest absolute Gasteiger partial charge is 0.356 e. The van der Waals surface area contributed by atoms with Crippen LogP contribution in [0.4, 0.5) is 5.82 Å². The molecule has 4 rings (SSSR count). The van der Waals surface area contributed by atoms with Crippen LogP contribution in [0.5, 0.6) is 0 Å². The topological polar surface area (TPSA) is 32.3 Å². The lowest BCUT2D eigenvalue weighted by atomic mass is 10.00. The average molecular weight is 302 g/mol. The molecule has 0 unspecified atom stereocenters. The lowest BCUT2D eigenvalue weighted by molar-refractivity contribution is 0.141. The van der Waals surface area contributed by atoms with E-state index in [1.807, 2.05) is 0 Å². The molecule has 0 atom stereocenters. The number of piperidine rings is 2. The Morgan fingerprint density at radius 1 is 1.00 bits per heavy atom. The third-order valence-electron chi connectivity index (χ3n) is 4.91. The van der Waals surface area contributed by atoms with Crippen molar-refractivity contribution in [3.05, 3.63) is 17.8 Å². The number of anilines is 1. The minimum Gasteiger partial charge on any atom is -0.356 e. The fourth-order valence-electron chi connectivity index (χ4n) is 3.76. The highest BCUT2D eigenvalue weighted by atomic mass is 32.1. The Morgan fingerprint density at radius 2 is 1.81 bits per heavy atom. The number of hydrogen-bond donors (Lipinski definition) is 0. The number of fused-ring (bicyclic) bond motifs is 1. The molecule has 4 nitrogen and oxygen atoms in total. The second-order valence-electron chi connectivity index (χ2n) is 6.15. The number of rotatable bonds is 2. The first-order valence-corrected chi connectivity index (χ1v) is 8.97. The summed E-state index contributed by atoms with van der Waals surface area (Å²) in [6.45, 7) is 4.88. The zero-order valence-electron chi connectivity index (χ0n) is 12.4. The molecule has 2 fully saturated rings. The first-order valence-electron chi connectivity index (χ1n) is 8.09. The van der Waals surface area contributed by atoms with Gasteiger partial charge in [0.1, 0.15) is 17.0 Å². The van der Waals surface area contributed by atoms with Gasteiger partial charge in [0.05, 0.1) is 5.39 Å². The quantitative estimate of drug-likeness (QED) is 0.853. The Bertz CT molecular complexity index is 597. The summed E-state index contributed by atoms with van der Waals surface area (Å²) in [7, 11) is 0. The zero-order chi connectivity index (χ0) is 14.1. The van der Waals surface area contributed by atoms with Crippen molar-refractivity contribution in [1.82, 2.24) is 14.9 Å². The molecule has 21 heavy (non-hydrogen) atoms. The molecule has 2 aromatic heterocycles. The van der Waals surface area contributed by atoms with Crippen LogP contribution in [0.2, 0.25) is 0 Å². The molecule has 0 saturated carbocycles. The first kappa shape index (κ1) is 13.5. The fraction of sp³-hybridized carbons (Fsp3) is 0.625. The average Bonchev–Trinajstić information content (AvgIpc) is 3.04. The molecule has 0 aromatic carbocycles. The standard InChI is InChI=1S/C16H22N4S/c1-2-7-19(8-3-1)13-4-9-20(10-5-13)15-14-6-11-21-16(14)18-12-17-15/h6,11-13H,1-5,7-10H2. The minimum absolute atomic E-state index is 0.793. The molecule has 2 saturated heterocycles. The van der Waals surface area contributed by atoms with Crippen molar-refractivity contribution in [1.29, 1.82) is 0 Å². The van der Waals surface area contributed by atoms with Gasteiger partial charge in [0.2, 0.25) is 0 Å². The Balaban J connectivity index is 1.46. The third kappa shape index (κ3) is 2.64. The molecule has 2 aromatic rings. The molecule has 0 aliphatic carbocycles. The van der Waals surface area contributed by atoms with Crippen molar-refractivity contribution in [3.8, 4) is 0 Å². The van der Waals surface area contributed by atoms with Gasteiger partial charge in [0.25, 0.3) is 0 Å². The van der Waals surface area contributed by atoms with Crippen LogP contribution in [-0.2, 0) is 0 Å². The summed E-state index contributed by atoms with van der Waals surface area (Å²) in [5.41, 5.74) is 0. The number of nitrogens with zero attached hydrogens (tertiary/aromatic N) is 4. The highest BCUT2D eigenvalue weighted by Gasteiger charge is 2.26. The molecule has 0 spiro atoms. The van der Waals surface area contributed by atoms with Gasteiger partial charge in [-0.05, 0) is 50.2 Å². The van der Waals surface area contributed by atoms with Crippen molar-refractivity contribution in [2.24, 2.45) is 0 Å². The van der Waals surface area contributed by atoms with Crippen LogP contribution in [0.25, 0.3) is 10.2 Å². The molecule has 2 aliphatic heterocycles. The predicted octanol–water partition coefficient (Wildman–Crippen LogP) is 3.15. The Morgan fingerprint density at radius 3 is 2.62 bits per heavy atom. The van der Waals surface area contributed by atoms with Crippen LogP contribution in [0.1, 0.15) is 32.1 Å². The monoisotopic (exact) mass is 302 g/mol. The summed E-state index contributed by atoms with van der Waals surface area (Å²) in [5.74, 6) is 1.14. The minimum atomic E-state index is 0.793. The zero-order valence-corrected chi connectivity index (χ0v) is 13.2. The van der Waals surface area contributed by atoms with Crippen LogP contribution >= 0.6 is 11.3 Å². The summed E-state index contributed by atoms with van der Waals surface area (Å²) in [6, 6.07) is 2.95. The number of likely N-dealkylation sites (tertiary alicyclic amines) is 1. The van der Waals surface area contributed by atoms with E-state index in [4.69, 9.17) is 0 Å². The maximum absolute atomic E-state index is 4.55. The van der Waals surface area contributed by atoms with E-state index in [-0.39, 0.29) is 0 Å². The van der Waals surface area contributed by atoms with E-state index >= 15 is 0 Å². The van der Waals surface area contributed by atoms with Crippen molar-refractivity contribution in [2.45, 2.75) is 38.1 Å². The van der Waals surface area contributed by atoms with Crippen molar-refractivity contribution in [2.75, 3.05) is 31.1 Å². The number of hydrogen-bond acceptors (Lipinski definition) is 5. The highest BCUT2D eigenvalue weighted by Crippen LogP contribution is 2.29. The van der Waals surface area contributed by atoms with E-state index < -0.39 is 0 Å². The molecule has 112 valence electrons. The molecule has 4 heterocycles. The van der Waals surface area contributed by atoms with Gasteiger partial charge in [0, 0.05) is 19.1 Å². The highest BCUT2D eigenvalue weighted by molar-refractivity contribution is 7.16. The molecule has 0 N–H and O–H groups in total. The van der Waals surface area contributed by atoms with Crippen molar-refractivity contribution < 1.29 is 0 Å². The molecule has 2 aliphatic rings. The molecule has 0 bridgehead atoms. The van der Waals surface area contributed by atoms with Gasteiger partial charge >= 0.3 is 0 Å². The maximum atomic E-state index is 4.55. The number of aromatic nitrogens is 2. The second kappa shape index (κ2) is 5.89. The van der Waals surface area contributed by atoms with Gasteiger partial charge in [-0.25, -0.2) is 9.97 Å². The Hall–Kier alpha value is -1.20. The molecule has 0 amide bonds. The number of thiophene rings is 1. The Labute approximate surface area is 129 Å². The van der Waals surface area contributed by atoms with Gasteiger partial charge in [-0.3, -0.25) is 0 Å². The SMILES string of the molecule is c1nc(N2CCC(N3CCCCC3)CC2)c2ccsc2n1. The van der Waals surface area contributed by atoms with E-state index in [0.29, 0.717) is 0 Å². The van der Waals surface area contributed by atoms with Crippen LogP contribution < -0.4 is 4.90 Å². The third-order valence-corrected chi connectivity index (χ3v) is 5.73. The second-order valence-corrected chi connectivity index (χ2v) is 7.05. The van der Waals surface area contributed by atoms with Crippen molar-refractivity contribution >= 4 is 27.4 Å². The molecule has 5 heteroatoms. The normalized spacial score (nSPS) is 22.0. The van der Waals surface area contributed by atoms with Gasteiger partial charge < -0.3 is 9.80 Å². The van der Waals surface area contributed by atoms with Gasteiger partial charge in [0.15, 0.2) is 0 Å². The van der Waals surface area contributed by atoms with Crippen LogP contribution in [0.15, 0.2) is 17.8 Å². The summed E-state index contributed by atoms with van der Waals surface area (Å²) in [6.07, 6.45) is 8.46. The van der Waals surface area contributed by atoms with E-state index in [0.717, 1.165) is 29.8 Å². The lowest BCUT2D eigenvalue weighted by Gasteiger charge is -2.40. The Kier molecular flexibility index (Phi) is 3.78. The van der Waals surface area contributed by atoms with Crippen LogP contribution in [0.3, 0.4) is 0 Å². The van der Waals surface area contributed by atoms with Crippen LogP contribution in [0, 0.1) is 0 Å². The summed E-state index contributed by atoms with van der Waals surface area (Å²) < 4.78 is 0. The first-order chi connectivity index (χ1) is 10.4. The van der Waals surface area contributed by atoms with Crippen molar-refractivity contribution in [3.63, 3.8) is 0 Å². The van der Waals surface area contributed by atoms with E-state index in [1.165, 1.54) is 50.6 Å². The van der Waals surface area contributed by atoms with E-state index in [9.17, 15) is 0 Å². The lowest BCUT2D eigenvalue weighted by Crippen LogP contribution is -2.47. The molecule has 0 radical (unpaired) electrons. The summed E-state index contributed by atoms with van der Waals surface area (Å²) in [4.78, 5) is 15.2. The van der Waals surface area contributed by atoms with Gasteiger partial charge in [-0.1, -0.05) is 6.42 Å². The molecular formula is C16H22N4S. The summed E-state index contributed by atoms with van der Waals surface area (Å²) >= 11 is 1.70. The maximum Gasteiger partial charge on any atom is 0.140 e. The summed E-state index contributed by atoms with van der Waals surface area (Å²) in [5, 5.41) is 3.34. The predicted molar refractivity (Wildman–Crippen MR) is 88.1 cm³/mol. The molecular weight excluding hydrogens is 280 g/mol. The fourth-order valence-corrected chi connectivity index (χ4v) is 4.48. The smallest absolute Gasteiger partial charge is 0.140 e. The van der Waals surface area contributed by atoms with Gasteiger partial charge in [-0.15, -0.1) is 11.3 Å².